The Hall–Kier alpha value is -2.78. The van der Waals surface area contributed by atoms with Crippen molar-refractivity contribution in [2.45, 2.75) is 6.92 Å². The van der Waals surface area contributed by atoms with Crippen molar-refractivity contribution in [3.63, 3.8) is 0 Å². The SMILES string of the molecule is Cc1nc2ccc(Br)cc2c(=O)n1N=Cc1ccc(C#N)cc1. The maximum absolute atomic E-state index is 12.6. The molecule has 1 heterocycles. The Morgan fingerprint density at radius 2 is 2.00 bits per heavy atom. The zero-order valence-electron chi connectivity index (χ0n) is 12.2. The van der Waals surface area contributed by atoms with Crippen molar-refractivity contribution in [2.75, 3.05) is 0 Å². The summed E-state index contributed by atoms with van der Waals surface area (Å²) in [5.74, 6) is 0.509. The number of fused-ring (bicyclic) bond motifs is 1. The van der Waals surface area contributed by atoms with Gasteiger partial charge in [0.1, 0.15) is 5.82 Å². The van der Waals surface area contributed by atoms with E-state index in [-0.39, 0.29) is 5.56 Å². The quantitative estimate of drug-likeness (QED) is 0.653. The Bertz CT molecular complexity index is 1010. The van der Waals surface area contributed by atoms with Gasteiger partial charge in [-0.25, -0.2) is 4.98 Å². The van der Waals surface area contributed by atoms with Crippen molar-refractivity contribution < 1.29 is 0 Å². The van der Waals surface area contributed by atoms with E-state index in [1.165, 1.54) is 4.68 Å². The molecule has 0 bridgehead atoms. The van der Waals surface area contributed by atoms with Crippen LogP contribution in [0.15, 0.2) is 56.8 Å². The van der Waals surface area contributed by atoms with Gasteiger partial charge < -0.3 is 0 Å². The Morgan fingerprint density at radius 1 is 1.26 bits per heavy atom. The molecular weight excluding hydrogens is 356 g/mol. The normalized spacial score (nSPS) is 11.0. The van der Waals surface area contributed by atoms with Crippen LogP contribution in [0.5, 0.6) is 0 Å². The highest BCUT2D eigenvalue weighted by Gasteiger charge is 2.07. The molecule has 0 saturated heterocycles. The molecule has 3 aromatic rings. The van der Waals surface area contributed by atoms with Crippen LogP contribution < -0.4 is 5.56 Å². The van der Waals surface area contributed by atoms with Crippen LogP contribution in [0.3, 0.4) is 0 Å². The second-order valence-corrected chi connectivity index (χ2v) is 5.83. The standard InChI is InChI=1S/C17H11BrN4O/c1-11-21-16-7-6-14(18)8-15(16)17(23)22(11)20-10-13-4-2-12(9-19)3-5-13/h2-8,10H,1H3. The number of hydrogen-bond donors (Lipinski definition) is 0. The zero-order valence-corrected chi connectivity index (χ0v) is 13.8. The number of aromatic nitrogens is 2. The third kappa shape index (κ3) is 3.05. The van der Waals surface area contributed by atoms with Crippen LogP contribution in [0.25, 0.3) is 10.9 Å². The molecule has 112 valence electrons. The maximum atomic E-state index is 12.6. The third-order valence-electron chi connectivity index (χ3n) is 3.33. The molecule has 5 nitrogen and oxygen atoms in total. The maximum Gasteiger partial charge on any atom is 0.282 e. The lowest BCUT2D eigenvalue weighted by molar-refractivity contribution is 0.771. The van der Waals surface area contributed by atoms with Crippen LogP contribution >= 0.6 is 15.9 Å². The molecule has 0 saturated carbocycles. The Morgan fingerprint density at radius 3 is 2.70 bits per heavy atom. The summed E-state index contributed by atoms with van der Waals surface area (Å²) in [6, 6.07) is 14.4. The molecule has 0 radical (unpaired) electrons. The molecule has 0 spiro atoms. The van der Waals surface area contributed by atoms with Crippen LogP contribution in [-0.4, -0.2) is 15.9 Å². The second kappa shape index (κ2) is 6.15. The lowest BCUT2D eigenvalue weighted by atomic mass is 10.2. The van der Waals surface area contributed by atoms with Crippen molar-refractivity contribution in [3.8, 4) is 6.07 Å². The molecule has 0 aliphatic heterocycles. The van der Waals surface area contributed by atoms with Crippen molar-refractivity contribution in [3.05, 3.63) is 74.2 Å². The Labute approximate surface area is 140 Å². The predicted octanol–water partition coefficient (Wildman–Crippen LogP) is 3.22. The molecule has 0 N–H and O–H groups in total. The number of nitrogens with zero attached hydrogens (tertiary/aromatic N) is 4. The van der Waals surface area contributed by atoms with Gasteiger partial charge in [-0.3, -0.25) is 4.79 Å². The Kier molecular flexibility index (Phi) is 4.04. The predicted molar refractivity (Wildman–Crippen MR) is 92.6 cm³/mol. The average Bonchev–Trinajstić information content (AvgIpc) is 2.56. The van der Waals surface area contributed by atoms with Crippen LogP contribution in [-0.2, 0) is 0 Å². The first kappa shape index (κ1) is 15.1. The van der Waals surface area contributed by atoms with E-state index in [1.54, 1.807) is 49.5 Å². The minimum atomic E-state index is -0.223. The summed E-state index contributed by atoms with van der Waals surface area (Å²) < 4.78 is 2.09. The molecule has 0 unspecified atom stereocenters. The van der Waals surface area contributed by atoms with Crippen molar-refractivity contribution in [1.82, 2.24) is 9.66 Å². The highest BCUT2D eigenvalue weighted by atomic mass is 79.9. The van der Waals surface area contributed by atoms with E-state index in [0.717, 1.165) is 10.0 Å². The fourth-order valence-electron chi connectivity index (χ4n) is 2.16. The number of hydrogen-bond acceptors (Lipinski definition) is 4. The summed E-state index contributed by atoms with van der Waals surface area (Å²) in [4.78, 5) is 17.0. The number of nitriles is 1. The monoisotopic (exact) mass is 366 g/mol. The van der Waals surface area contributed by atoms with Gasteiger partial charge in [0.05, 0.1) is 28.8 Å². The van der Waals surface area contributed by atoms with Gasteiger partial charge in [0.25, 0.3) is 5.56 Å². The highest BCUT2D eigenvalue weighted by molar-refractivity contribution is 9.10. The molecule has 2 aromatic carbocycles. The number of rotatable bonds is 2. The molecule has 0 aliphatic carbocycles. The van der Waals surface area contributed by atoms with Crippen molar-refractivity contribution in [1.29, 1.82) is 5.26 Å². The van der Waals surface area contributed by atoms with Crippen LogP contribution in [0.2, 0.25) is 0 Å². The van der Waals surface area contributed by atoms with E-state index in [9.17, 15) is 4.79 Å². The van der Waals surface area contributed by atoms with E-state index in [2.05, 4.69) is 32.1 Å². The first-order valence-corrected chi connectivity index (χ1v) is 7.61. The summed E-state index contributed by atoms with van der Waals surface area (Å²) in [5, 5.41) is 13.5. The van der Waals surface area contributed by atoms with Gasteiger partial charge in [0.2, 0.25) is 0 Å². The molecule has 1 aromatic heterocycles. The fourth-order valence-corrected chi connectivity index (χ4v) is 2.52. The van der Waals surface area contributed by atoms with E-state index < -0.39 is 0 Å². The van der Waals surface area contributed by atoms with Crippen molar-refractivity contribution in [2.24, 2.45) is 5.10 Å². The third-order valence-corrected chi connectivity index (χ3v) is 3.83. The van der Waals surface area contributed by atoms with Gasteiger partial charge >= 0.3 is 0 Å². The minimum Gasteiger partial charge on any atom is -0.267 e. The molecule has 0 amide bonds. The van der Waals surface area contributed by atoms with Gasteiger partial charge in [-0.2, -0.15) is 15.0 Å². The lowest BCUT2D eigenvalue weighted by Crippen LogP contribution is -2.20. The summed E-state index contributed by atoms with van der Waals surface area (Å²) >= 11 is 3.36. The van der Waals surface area contributed by atoms with E-state index >= 15 is 0 Å². The smallest absolute Gasteiger partial charge is 0.267 e. The van der Waals surface area contributed by atoms with Gasteiger partial charge in [0, 0.05) is 4.47 Å². The molecule has 0 atom stereocenters. The van der Waals surface area contributed by atoms with Gasteiger partial charge in [0.15, 0.2) is 0 Å². The van der Waals surface area contributed by atoms with Gasteiger partial charge in [-0.05, 0) is 42.8 Å². The van der Waals surface area contributed by atoms with Crippen LogP contribution in [0.4, 0.5) is 0 Å². The van der Waals surface area contributed by atoms with E-state index in [4.69, 9.17) is 5.26 Å². The lowest BCUT2D eigenvalue weighted by Gasteiger charge is -2.05. The second-order valence-electron chi connectivity index (χ2n) is 4.92. The first-order chi connectivity index (χ1) is 11.1. The number of aryl methyl sites for hydroxylation is 1. The Balaban J connectivity index is 2.07. The van der Waals surface area contributed by atoms with E-state index in [1.807, 2.05) is 6.07 Å². The summed E-state index contributed by atoms with van der Waals surface area (Å²) in [5.41, 5.74) is 1.79. The molecule has 0 fully saturated rings. The molecule has 0 aliphatic rings. The van der Waals surface area contributed by atoms with Crippen LogP contribution in [0.1, 0.15) is 17.0 Å². The number of halogens is 1. The van der Waals surface area contributed by atoms with Crippen LogP contribution in [0, 0.1) is 18.3 Å². The molecule has 23 heavy (non-hydrogen) atoms. The topological polar surface area (TPSA) is 71.0 Å². The molecular formula is C17H11BrN4O. The fraction of sp³-hybridized carbons (Fsp3) is 0.0588. The highest BCUT2D eigenvalue weighted by Crippen LogP contribution is 2.15. The van der Waals surface area contributed by atoms with Gasteiger partial charge in [-0.1, -0.05) is 28.1 Å². The summed E-state index contributed by atoms with van der Waals surface area (Å²) in [7, 11) is 0. The first-order valence-electron chi connectivity index (χ1n) is 6.82. The largest absolute Gasteiger partial charge is 0.282 e. The minimum absolute atomic E-state index is 0.223. The van der Waals surface area contributed by atoms with Crippen molar-refractivity contribution >= 4 is 33.0 Å². The average molecular weight is 367 g/mol. The van der Waals surface area contributed by atoms with E-state index in [0.29, 0.717) is 22.3 Å². The molecule has 6 heteroatoms. The zero-order chi connectivity index (χ0) is 16.4. The molecule has 3 rings (SSSR count). The summed E-state index contributed by atoms with van der Waals surface area (Å²) in [6.45, 7) is 1.74. The number of benzene rings is 2. The van der Waals surface area contributed by atoms with Gasteiger partial charge in [-0.15, -0.1) is 0 Å². The summed E-state index contributed by atoms with van der Waals surface area (Å²) in [6.07, 6.45) is 1.57.